The van der Waals surface area contributed by atoms with Crippen LogP contribution in [0.3, 0.4) is 0 Å². The van der Waals surface area contributed by atoms with E-state index in [0.29, 0.717) is 6.04 Å². The van der Waals surface area contributed by atoms with Crippen LogP contribution in [0.25, 0.3) is 0 Å². The molecule has 1 saturated carbocycles. The highest BCUT2D eigenvalue weighted by Gasteiger charge is 2.25. The number of nitrogens with one attached hydrogen (secondary N) is 1. The van der Waals surface area contributed by atoms with Crippen molar-refractivity contribution in [1.82, 2.24) is 20.3 Å². The fraction of sp³-hybridized carbons (Fsp3) is 0.846. The Labute approximate surface area is 104 Å². The van der Waals surface area contributed by atoms with Crippen LogP contribution in [-0.4, -0.2) is 21.5 Å². The molecule has 0 amide bonds. The maximum atomic E-state index is 4.29. The zero-order valence-electron chi connectivity index (χ0n) is 11.2. The summed E-state index contributed by atoms with van der Waals surface area (Å²) in [6, 6.07) is 0.552. The van der Waals surface area contributed by atoms with Crippen molar-refractivity contribution in [2.45, 2.75) is 52.6 Å². The summed E-state index contributed by atoms with van der Waals surface area (Å²) in [4.78, 5) is 0. The Balaban J connectivity index is 1.98. The van der Waals surface area contributed by atoms with Crippen LogP contribution in [0.4, 0.5) is 0 Å². The highest BCUT2D eigenvalue weighted by molar-refractivity contribution is 4.93. The fourth-order valence-corrected chi connectivity index (χ4v) is 2.95. The number of aromatic nitrogens is 3. The minimum atomic E-state index is 0.552. The number of hydrogen-bond acceptors (Lipinski definition) is 3. The van der Waals surface area contributed by atoms with Gasteiger partial charge in [-0.15, -0.1) is 5.10 Å². The Morgan fingerprint density at radius 2 is 2.00 bits per heavy atom. The highest BCUT2D eigenvalue weighted by atomic mass is 15.4. The van der Waals surface area contributed by atoms with Gasteiger partial charge < -0.3 is 5.32 Å². The standard InChI is InChI=1S/C13H24N4/c1-4-14-8-12-9-17(16-15-12)13-6-10(2)5-11(3)7-13/h9-11,13-14H,4-8H2,1-3H3. The van der Waals surface area contributed by atoms with E-state index >= 15 is 0 Å². The van der Waals surface area contributed by atoms with Gasteiger partial charge in [-0.2, -0.15) is 0 Å². The molecule has 2 atom stereocenters. The third-order valence-electron chi connectivity index (χ3n) is 3.64. The van der Waals surface area contributed by atoms with Crippen molar-refractivity contribution in [3.63, 3.8) is 0 Å². The lowest BCUT2D eigenvalue weighted by atomic mass is 9.80. The summed E-state index contributed by atoms with van der Waals surface area (Å²) < 4.78 is 2.08. The lowest BCUT2D eigenvalue weighted by molar-refractivity contribution is 0.208. The largest absolute Gasteiger partial charge is 0.311 e. The van der Waals surface area contributed by atoms with E-state index in [9.17, 15) is 0 Å². The first-order chi connectivity index (χ1) is 8.19. The van der Waals surface area contributed by atoms with E-state index in [0.717, 1.165) is 30.6 Å². The summed E-state index contributed by atoms with van der Waals surface area (Å²) in [6.45, 7) is 8.60. The van der Waals surface area contributed by atoms with Crippen LogP contribution >= 0.6 is 0 Å². The molecule has 0 aromatic carbocycles. The summed E-state index contributed by atoms with van der Waals surface area (Å²) >= 11 is 0. The van der Waals surface area contributed by atoms with E-state index in [4.69, 9.17) is 0 Å². The van der Waals surface area contributed by atoms with Gasteiger partial charge in [0.1, 0.15) is 0 Å². The Morgan fingerprint density at radius 3 is 2.65 bits per heavy atom. The first kappa shape index (κ1) is 12.6. The van der Waals surface area contributed by atoms with Crippen LogP contribution in [0.5, 0.6) is 0 Å². The summed E-state index contributed by atoms with van der Waals surface area (Å²) in [5, 5.41) is 11.8. The average molecular weight is 236 g/mol. The smallest absolute Gasteiger partial charge is 0.0964 e. The number of rotatable bonds is 4. The summed E-state index contributed by atoms with van der Waals surface area (Å²) in [5.41, 5.74) is 1.05. The predicted octanol–water partition coefficient (Wildman–Crippen LogP) is 2.38. The van der Waals surface area contributed by atoms with E-state index < -0.39 is 0 Å². The third-order valence-corrected chi connectivity index (χ3v) is 3.64. The fourth-order valence-electron chi connectivity index (χ4n) is 2.95. The first-order valence-electron chi connectivity index (χ1n) is 6.80. The molecule has 17 heavy (non-hydrogen) atoms. The molecule has 0 bridgehead atoms. The molecular weight excluding hydrogens is 212 g/mol. The zero-order valence-corrected chi connectivity index (χ0v) is 11.2. The summed E-state index contributed by atoms with van der Waals surface area (Å²) in [6.07, 6.45) is 5.95. The van der Waals surface area contributed by atoms with Gasteiger partial charge in [-0.05, 0) is 37.6 Å². The van der Waals surface area contributed by atoms with E-state index in [1.54, 1.807) is 0 Å². The van der Waals surface area contributed by atoms with Gasteiger partial charge in [0.05, 0.1) is 17.9 Å². The molecule has 1 aromatic rings. The second kappa shape index (κ2) is 5.63. The van der Waals surface area contributed by atoms with Crippen LogP contribution in [0.15, 0.2) is 6.20 Å². The zero-order chi connectivity index (χ0) is 12.3. The maximum absolute atomic E-state index is 4.29. The van der Waals surface area contributed by atoms with Crippen LogP contribution in [0, 0.1) is 11.8 Å². The number of hydrogen-bond donors (Lipinski definition) is 1. The van der Waals surface area contributed by atoms with Crippen LogP contribution in [-0.2, 0) is 6.54 Å². The number of nitrogens with zero attached hydrogens (tertiary/aromatic N) is 3. The minimum Gasteiger partial charge on any atom is -0.311 e. The van der Waals surface area contributed by atoms with Gasteiger partial charge in [-0.1, -0.05) is 26.0 Å². The van der Waals surface area contributed by atoms with Crippen molar-refractivity contribution in [3.05, 3.63) is 11.9 Å². The lowest BCUT2D eigenvalue weighted by Gasteiger charge is -2.31. The predicted molar refractivity (Wildman–Crippen MR) is 68.6 cm³/mol. The summed E-state index contributed by atoms with van der Waals surface area (Å²) in [5.74, 6) is 1.62. The van der Waals surface area contributed by atoms with Crippen molar-refractivity contribution >= 4 is 0 Å². The van der Waals surface area contributed by atoms with Gasteiger partial charge >= 0.3 is 0 Å². The van der Waals surface area contributed by atoms with E-state index in [1.165, 1.54) is 19.3 Å². The first-order valence-corrected chi connectivity index (χ1v) is 6.80. The van der Waals surface area contributed by atoms with Crippen molar-refractivity contribution in [3.8, 4) is 0 Å². The van der Waals surface area contributed by atoms with Gasteiger partial charge in [0.2, 0.25) is 0 Å². The molecule has 2 rings (SSSR count). The quantitative estimate of drug-likeness (QED) is 0.873. The Bertz CT molecular complexity index is 337. The molecule has 0 spiro atoms. The Kier molecular flexibility index (Phi) is 4.15. The van der Waals surface area contributed by atoms with Crippen molar-refractivity contribution in [1.29, 1.82) is 0 Å². The van der Waals surface area contributed by atoms with Crippen molar-refractivity contribution < 1.29 is 0 Å². The topological polar surface area (TPSA) is 42.7 Å². The van der Waals surface area contributed by atoms with Crippen LogP contribution in [0.2, 0.25) is 0 Å². The molecule has 4 heteroatoms. The van der Waals surface area contributed by atoms with Gasteiger partial charge in [0, 0.05) is 6.54 Å². The molecular formula is C13H24N4. The molecule has 96 valence electrons. The highest BCUT2D eigenvalue weighted by Crippen LogP contribution is 2.35. The van der Waals surface area contributed by atoms with Gasteiger partial charge in [0.25, 0.3) is 0 Å². The molecule has 1 heterocycles. The molecule has 1 fully saturated rings. The minimum absolute atomic E-state index is 0.552. The van der Waals surface area contributed by atoms with Crippen LogP contribution < -0.4 is 5.32 Å². The van der Waals surface area contributed by atoms with E-state index in [1.807, 2.05) is 0 Å². The molecule has 0 aliphatic heterocycles. The lowest BCUT2D eigenvalue weighted by Crippen LogP contribution is -2.23. The molecule has 2 unspecified atom stereocenters. The molecule has 4 nitrogen and oxygen atoms in total. The van der Waals surface area contributed by atoms with Crippen molar-refractivity contribution in [2.75, 3.05) is 6.54 Å². The molecule has 1 aliphatic rings. The van der Waals surface area contributed by atoms with E-state index in [-0.39, 0.29) is 0 Å². The van der Waals surface area contributed by atoms with Gasteiger partial charge in [-0.25, -0.2) is 4.68 Å². The molecule has 0 saturated heterocycles. The van der Waals surface area contributed by atoms with Gasteiger partial charge in [-0.3, -0.25) is 0 Å². The average Bonchev–Trinajstić information content (AvgIpc) is 2.73. The van der Waals surface area contributed by atoms with Crippen LogP contribution in [0.1, 0.15) is 51.8 Å². The normalized spacial score (nSPS) is 29.5. The van der Waals surface area contributed by atoms with E-state index in [2.05, 4.69) is 47.3 Å². The Morgan fingerprint density at radius 1 is 1.29 bits per heavy atom. The third kappa shape index (κ3) is 3.28. The molecule has 1 aliphatic carbocycles. The molecule has 0 radical (unpaired) electrons. The molecule has 1 N–H and O–H groups in total. The Hall–Kier alpha value is -0.900. The molecule has 1 aromatic heterocycles. The van der Waals surface area contributed by atoms with Crippen molar-refractivity contribution in [2.24, 2.45) is 11.8 Å². The SMILES string of the molecule is CCNCc1cn(C2CC(C)CC(C)C2)nn1. The van der Waals surface area contributed by atoms with Gasteiger partial charge in [0.15, 0.2) is 0 Å². The maximum Gasteiger partial charge on any atom is 0.0964 e. The second-order valence-corrected chi connectivity index (χ2v) is 5.54. The monoisotopic (exact) mass is 236 g/mol. The summed E-state index contributed by atoms with van der Waals surface area (Å²) in [7, 11) is 0. The second-order valence-electron chi connectivity index (χ2n) is 5.54.